The Hall–Kier alpha value is -0.780. The van der Waals surface area contributed by atoms with Crippen molar-refractivity contribution >= 4 is 5.91 Å². The van der Waals surface area contributed by atoms with E-state index in [1.165, 1.54) is 0 Å². The lowest BCUT2D eigenvalue weighted by Crippen LogP contribution is -2.45. The Morgan fingerprint density at radius 1 is 1.57 bits per heavy atom. The van der Waals surface area contributed by atoms with Gasteiger partial charge in [-0.15, -0.1) is 0 Å². The van der Waals surface area contributed by atoms with Crippen molar-refractivity contribution in [1.29, 1.82) is 0 Å². The second kappa shape index (κ2) is 4.16. The van der Waals surface area contributed by atoms with Gasteiger partial charge in [0.25, 0.3) is 0 Å². The molecule has 2 N–H and O–H groups in total. The van der Waals surface area contributed by atoms with Gasteiger partial charge < -0.3 is 10.6 Å². The third-order valence-electron chi connectivity index (χ3n) is 2.28. The van der Waals surface area contributed by atoms with Gasteiger partial charge in [0, 0.05) is 6.54 Å². The van der Waals surface area contributed by atoms with Crippen LogP contribution in [-0.2, 0) is 4.79 Å². The third-order valence-corrected chi connectivity index (χ3v) is 2.28. The Kier molecular flexibility index (Phi) is 3.36. The van der Waals surface area contributed by atoms with Crippen molar-refractivity contribution in [1.82, 2.24) is 10.6 Å². The van der Waals surface area contributed by atoms with E-state index in [1.807, 2.05) is 5.32 Å². The Bertz CT molecular complexity index is 211. The molecule has 6 heteroatoms. The molecule has 0 aromatic rings. The molecule has 0 bridgehead atoms. The molecule has 0 aliphatic carbocycles. The number of hydrogen-bond donors (Lipinski definition) is 2. The first-order valence-corrected chi connectivity index (χ1v) is 4.49. The highest BCUT2D eigenvalue weighted by Gasteiger charge is 2.38. The molecule has 1 aliphatic heterocycles. The van der Waals surface area contributed by atoms with E-state index in [1.54, 1.807) is 0 Å². The summed E-state index contributed by atoms with van der Waals surface area (Å²) in [6.07, 6.45) is -3.75. The SMILES string of the molecule is CC(NC(=O)[C@H]1CCNC1)C(F)(F)F. The minimum absolute atomic E-state index is 0.320. The van der Waals surface area contributed by atoms with E-state index in [-0.39, 0.29) is 5.92 Å². The molecule has 82 valence electrons. The molecule has 1 heterocycles. The maximum Gasteiger partial charge on any atom is 0.408 e. The van der Waals surface area contributed by atoms with Crippen LogP contribution >= 0.6 is 0 Å². The Morgan fingerprint density at radius 2 is 2.21 bits per heavy atom. The predicted octanol–water partition coefficient (Wildman–Crippen LogP) is 0.663. The highest BCUT2D eigenvalue weighted by molar-refractivity contribution is 5.79. The third kappa shape index (κ3) is 2.87. The molecule has 14 heavy (non-hydrogen) atoms. The number of nitrogens with one attached hydrogen (secondary N) is 2. The van der Waals surface area contributed by atoms with Crippen molar-refractivity contribution in [3.05, 3.63) is 0 Å². The van der Waals surface area contributed by atoms with E-state index in [4.69, 9.17) is 0 Å². The van der Waals surface area contributed by atoms with E-state index >= 15 is 0 Å². The molecule has 0 spiro atoms. The van der Waals surface area contributed by atoms with Gasteiger partial charge in [0.05, 0.1) is 5.92 Å². The molecule has 1 rings (SSSR count). The van der Waals surface area contributed by atoms with Crippen LogP contribution in [0.15, 0.2) is 0 Å². The zero-order valence-corrected chi connectivity index (χ0v) is 7.82. The molecule has 1 saturated heterocycles. The van der Waals surface area contributed by atoms with E-state index in [2.05, 4.69) is 5.32 Å². The Morgan fingerprint density at radius 3 is 2.64 bits per heavy atom. The van der Waals surface area contributed by atoms with Crippen LogP contribution in [0.1, 0.15) is 13.3 Å². The summed E-state index contributed by atoms with van der Waals surface area (Å²) in [5.74, 6) is -0.834. The minimum Gasteiger partial charge on any atom is -0.344 e. The van der Waals surface area contributed by atoms with Crippen molar-refractivity contribution in [2.75, 3.05) is 13.1 Å². The molecular weight excluding hydrogens is 197 g/mol. The van der Waals surface area contributed by atoms with Crippen LogP contribution in [-0.4, -0.2) is 31.2 Å². The van der Waals surface area contributed by atoms with Crippen molar-refractivity contribution in [2.45, 2.75) is 25.6 Å². The van der Waals surface area contributed by atoms with Crippen LogP contribution in [0.5, 0.6) is 0 Å². The highest BCUT2D eigenvalue weighted by atomic mass is 19.4. The summed E-state index contributed by atoms with van der Waals surface area (Å²) in [7, 11) is 0. The molecule has 0 aromatic heterocycles. The van der Waals surface area contributed by atoms with Gasteiger partial charge in [0.15, 0.2) is 0 Å². The summed E-state index contributed by atoms with van der Waals surface area (Å²) in [4.78, 5) is 11.3. The number of halogens is 3. The average molecular weight is 210 g/mol. The molecule has 1 amide bonds. The highest BCUT2D eigenvalue weighted by Crippen LogP contribution is 2.20. The van der Waals surface area contributed by atoms with Gasteiger partial charge in [-0.3, -0.25) is 4.79 Å². The fraction of sp³-hybridized carbons (Fsp3) is 0.875. The summed E-state index contributed by atoms with van der Waals surface area (Å²) < 4.78 is 36.2. The van der Waals surface area contributed by atoms with Crippen molar-refractivity contribution in [3.8, 4) is 0 Å². The number of carbonyl (C=O) groups is 1. The second-order valence-electron chi connectivity index (χ2n) is 3.46. The van der Waals surface area contributed by atoms with Gasteiger partial charge in [0.2, 0.25) is 5.91 Å². The molecule has 1 unspecified atom stereocenters. The number of amides is 1. The fourth-order valence-electron chi connectivity index (χ4n) is 1.29. The van der Waals surface area contributed by atoms with E-state index in [0.717, 1.165) is 6.92 Å². The standard InChI is InChI=1S/C8H13F3N2O/c1-5(8(9,10)11)13-7(14)6-2-3-12-4-6/h5-6,12H,2-4H2,1H3,(H,13,14)/t5?,6-/m0/s1. The summed E-state index contributed by atoms with van der Waals surface area (Å²) in [5, 5.41) is 4.88. The van der Waals surface area contributed by atoms with Crippen LogP contribution in [0.4, 0.5) is 13.2 Å². The molecular formula is C8H13F3N2O. The van der Waals surface area contributed by atoms with Crippen LogP contribution < -0.4 is 10.6 Å². The Labute approximate surface area is 80.0 Å². The average Bonchev–Trinajstić information content (AvgIpc) is 2.53. The Balaban J connectivity index is 2.40. The topological polar surface area (TPSA) is 41.1 Å². The smallest absolute Gasteiger partial charge is 0.344 e. The molecule has 0 saturated carbocycles. The largest absolute Gasteiger partial charge is 0.408 e. The van der Waals surface area contributed by atoms with E-state index < -0.39 is 18.1 Å². The number of rotatable bonds is 2. The number of hydrogen-bond acceptors (Lipinski definition) is 2. The lowest BCUT2D eigenvalue weighted by atomic mass is 10.1. The quantitative estimate of drug-likeness (QED) is 0.703. The monoisotopic (exact) mass is 210 g/mol. The molecule has 1 fully saturated rings. The van der Waals surface area contributed by atoms with E-state index in [0.29, 0.717) is 19.5 Å². The van der Waals surface area contributed by atoms with Crippen molar-refractivity contribution < 1.29 is 18.0 Å². The zero-order valence-electron chi connectivity index (χ0n) is 7.82. The first-order chi connectivity index (χ1) is 6.41. The summed E-state index contributed by atoms with van der Waals surface area (Å²) in [6, 6.07) is -1.77. The molecule has 0 radical (unpaired) electrons. The van der Waals surface area contributed by atoms with Gasteiger partial charge in [-0.2, -0.15) is 13.2 Å². The number of alkyl halides is 3. The molecule has 2 atom stereocenters. The van der Waals surface area contributed by atoms with Crippen molar-refractivity contribution in [3.63, 3.8) is 0 Å². The lowest BCUT2D eigenvalue weighted by Gasteiger charge is -2.19. The summed E-state index contributed by atoms with van der Waals surface area (Å²) in [6.45, 7) is 2.11. The predicted molar refractivity (Wildman–Crippen MR) is 44.6 cm³/mol. The van der Waals surface area contributed by atoms with E-state index in [9.17, 15) is 18.0 Å². The molecule has 0 aromatic carbocycles. The van der Waals surface area contributed by atoms with Gasteiger partial charge in [0.1, 0.15) is 6.04 Å². The first-order valence-electron chi connectivity index (χ1n) is 4.49. The van der Waals surface area contributed by atoms with Gasteiger partial charge in [-0.05, 0) is 19.9 Å². The maximum atomic E-state index is 12.1. The second-order valence-corrected chi connectivity index (χ2v) is 3.46. The fourth-order valence-corrected chi connectivity index (χ4v) is 1.29. The van der Waals surface area contributed by atoms with Gasteiger partial charge in [-0.25, -0.2) is 0 Å². The van der Waals surface area contributed by atoms with Crippen LogP contribution in [0.25, 0.3) is 0 Å². The first kappa shape index (κ1) is 11.3. The van der Waals surface area contributed by atoms with Gasteiger partial charge >= 0.3 is 6.18 Å². The van der Waals surface area contributed by atoms with Crippen molar-refractivity contribution in [2.24, 2.45) is 5.92 Å². The van der Waals surface area contributed by atoms with Crippen LogP contribution in [0, 0.1) is 5.92 Å². The summed E-state index contributed by atoms with van der Waals surface area (Å²) >= 11 is 0. The summed E-state index contributed by atoms with van der Waals surface area (Å²) in [5.41, 5.74) is 0. The lowest BCUT2D eigenvalue weighted by molar-refractivity contribution is -0.159. The zero-order chi connectivity index (χ0) is 10.8. The molecule has 1 aliphatic rings. The van der Waals surface area contributed by atoms with Crippen LogP contribution in [0.2, 0.25) is 0 Å². The normalized spacial score (nSPS) is 24.7. The number of carbonyl (C=O) groups excluding carboxylic acids is 1. The maximum absolute atomic E-state index is 12.1. The molecule has 3 nitrogen and oxygen atoms in total. The van der Waals surface area contributed by atoms with Crippen LogP contribution in [0.3, 0.4) is 0 Å². The van der Waals surface area contributed by atoms with Gasteiger partial charge in [-0.1, -0.05) is 0 Å². The minimum atomic E-state index is -4.36.